The first kappa shape index (κ1) is 21.7. The normalized spacial score (nSPS) is 15.7. The maximum atomic E-state index is 13.7. The summed E-state index contributed by atoms with van der Waals surface area (Å²) in [6, 6.07) is 15.5. The Hall–Kier alpha value is -3.53. The van der Waals surface area contributed by atoms with E-state index in [2.05, 4.69) is 0 Å². The molecular formula is C23H19F2NO6. The molecule has 3 aromatic carbocycles. The zero-order valence-corrected chi connectivity index (χ0v) is 16.7. The van der Waals surface area contributed by atoms with E-state index in [9.17, 15) is 23.9 Å². The van der Waals surface area contributed by atoms with Gasteiger partial charge in [0.2, 0.25) is 0 Å². The van der Waals surface area contributed by atoms with Crippen molar-refractivity contribution in [3.63, 3.8) is 0 Å². The van der Waals surface area contributed by atoms with Crippen LogP contribution in [0.3, 0.4) is 0 Å². The summed E-state index contributed by atoms with van der Waals surface area (Å²) >= 11 is 0. The van der Waals surface area contributed by atoms with Gasteiger partial charge in [-0.3, -0.25) is 5.21 Å². The molecule has 0 saturated carbocycles. The Balaban J connectivity index is 1.40. The molecule has 0 spiro atoms. The number of hydrogen-bond donors (Lipinski definition) is 2. The third kappa shape index (κ3) is 4.54. The number of aliphatic hydroxyl groups excluding tert-OH is 1. The Morgan fingerprint density at radius 3 is 2.53 bits per heavy atom. The van der Waals surface area contributed by atoms with Gasteiger partial charge in [-0.05, 0) is 35.1 Å². The van der Waals surface area contributed by atoms with Crippen LogP contribution in [0, 0.1) is 11.6 Å². The van der Waals surface area contributed by atoms with Crippen LogP contribution in [-0.4, -0.2) is 28.1 Å². The second-order valence-corrected chi connectivity index (χ2v) is 7.04. The summed E-state index contributed by atoms with van der Waals surface area (Å²) < 4.78 is 38.5. The summed E-state index contributed by atoms with van der Waals surface area (Å²) in [5.41, 5.74) is 0.623. The van der Waals surface area contributed by atoms with Gasteiger partial charge in [-0.25, -0.2) is 13.6 Å². The number of fused-ring (bicyclic) bond motifs is 1. The van der Waals surface area contributed by atoms with E-state index >= 15 is 0 Å². The van der Waals surface area contributed by atoms with Crippen molar-refractivity contribution in [1.29, 1.82) is 0 Å². The van der Waals surface area contributed by atoms with Crippen LogP contribution in [0.4, 0.5) is 8.78 Å². The summed E-state index contributed by atoms with van der Waals surface area (Å²) in [4.78, 5) is 17.0. The van der Waals surface area contributed by atoms with E-state index in [1.807, 2.05) is 0 Å². The monoisotopic (exact) mass is 443 g/mol. The number of halogens is 2. The van der Waals surface area contributed by atoms with Crippen LogP contribution in [0.25, 0.3) is 0 Å². The molecule has 4 rings (SSSR count). The van der Waals surface area contributed by atoms with E-state index in [1.54, 1.807) is 36.4 Å². The molecule has 0 amide bonds. The minimum atomic E-state index is -1.57. The molecule has 0 radical (unpaired) electrons. The third-order valence-electron chi connectivity index (χ3n) is 4.97. The van der Waals surface area contributed by atoms with Gasteiger partial charge in [-0.15, -0.1) is 0 Å². The number of benzene rings is 3. The molecule has 1 aliphatic rings. The van der Waals surface area contributed by atoms with Crippen molar-refractivity contribution in [1.82, 2.24) is 5.23 Å². The molecule has 0 aliphatic carbocycles. The Morgan fingerprint density at radius 2 is 1.81 bits per heavy atom. The van der Waals surface area contributed by atoms with Gasteiger partial charge in [0.1, 0.15) is 42.4 Å². The number of nitrogens with zero attached hydrogens (tertiary/aromatic N) is 1. The molecular weight excluding hydrogens is 424 g/mol. The van der Waals surface area contributed by atoms with Gasteiger partial charge in [0.15, 0.2) is 6.10 Å². The zero-order chi connectivity index (χ0) is 22.7. The van der Waals surface area contributed by atoms with Crippen LogP contribution < -0.4 is 9.47 Å². The van der Waals surface area contributed by atoms with Crippen molar-refractivity contribution in [2.24, 2.45) is 0 Å². The number of carbonyl (C=O) groups is 1. The predicted octanol–water partition coefficient (Wildman–Crippen LogP) is 3.86. The van der Waals surface area contributed by atoms with Gasteiger partial charge < -0.3 is 19.4 Å². The number of rotatable bonds is 7. The highest BCUT2D eigenvalue weighted by molar-refractivity contribution is 5.75. The van der Waals surface area contributed by atoms with E-state index in [0.717, 1.165) is 12.1 Å². The minimum Gasteiger partial charge on any atom is -0.491 e. The maximum absolute atomic E-state index is 13.7. The Morgan fingerprint density at radius 1 is 1.09 bits per heavy atom. The lowest BCUT2D eigenvalue weighted by atomic mass is 10.1. The van der Waals surface area contributed by atoms with E-state index in [1.165, 1.54) is 18.2 Å². The Bertz CT molecular complexity index is 1090. The molecule has 166 valence electrons. The standard InChI is InChI=1S/C23H19F2NO6/c24-18-7-4-8-19(25)17(18)12-30-15-9-10-16-20(13-31-21(16)11-15)26(29)32-23(28)22(27)14-5-2-1-3-6-14/h1-11,20,22,27,29H,12-13H2/t20?,22-/m0/s1. The number of aliphatic hydroxyl groups is 1. The largest absolute Gasteiger partial charge is 0.491 e. The van der Waals surface area contributed by atoms with E-state index in [0.29, 0.717) is 27.9 Å². The summed E-state index contributed by atoms with van der Waals surface area (Å²) in [5, 5.41) is 20.6. The molecule has 1 heterocycles. The van der Waals surface area contributed by atoms with Gasteiger partial charge >= 0.3 is 5.97 Å². The highest BCUT2D eigenvalue weighted by Crippen LogP contribution is 2.38. The summed E-state index contributed by atoms with van der Waals surface area (Å²) in [7, 11) is 0. The van der Waals surface area contributed by atoms with Crippen LogP contribution >= 0.6 is 0 Å². The van der Waals surface area contributed by atoms with Gasteiger partial charge in [0.05, 0.1) is 5.56 Å². The van der Waals surface area contributed by atoms with Gasteiger partial charge in [0, 0.05) is 11.6 Å². The Labute approximate surface area is 181 Å². The molecule has 0 fully saturated rings. The quantitative estimate of drug-likeness (QED) is 0.536. The van der Waals surface area contributed by atoms with Crippen LogP contribution in [0.5, 0.6) is 11.5 Å². The second kappa shape index (κ2) is 9.31. The number of ether oxygens (including phenoxy) is 2. The van der Waals surface area contributed by atoms with Crippen molar-refractivity contribution in [3.05, 3.63) is 95.1 Å². The van der Waals surface area contributed by atoms with Crippen LogP contribution in [0.2, 0.25) is 0 Å². The molecule has 1 aliphatic heterocycles. The van der Waals surface area contributed by atoms with Crippen molar-refractivity contribution < 1.29 is 38.2 Å². The van der Waals surface area contributed by atoms with Crippen LogP contribution in [0.15, 0.2) is 66.7 Å². The number of carbonyl (C=O) groups excluding carboxylic acids is 1. The SMILES string of the molecule is O=C(ON(O)C1COc2cc(OCc3c(F)cccc3F)ccc21)[C@@H](O)c1ccccc1. The molecule has 2 atom stereocenters. The van der Waals surface area contributed by atoms with Crippen LogP contribution in [0.1, 0.15) is 28.8 Å². The first-order valence-electron chi connectivity index (χ1n) is 9.69. The smallest absolute Gasteiger partial charge is 0.360 e. The minimum absolute atomic E-state index is 0.0358. The topological polar surface area (TPSA) is 88.5 Å². The summed E-state index contributed by atoms with van der Waals surface area (Å²) in [6.07, 6.45) is -1.57. The van der Waals surface area contributed by atoms with Crippen molar-refractivity contribution in [2.75, 3.05) is 6.61 Å². The molecule has 9 heteroatoms. The molecule has 3 aromatic rings. The fraction of sp³-hybridized carbons (Fsp3) is 0.174. The van der Waals surface area contributed by atoms with Gasteiger partial charge in [0.25, 0.3) is 0 Å². The molecule has 1 unspecified atom stereocenters. The number of hydroxylamine groups is 2. The predicted molar refractivity (Wildman–Crippen MR) is 106 cm³/mol. The van der Waals surface area contributed by atoms with E-state index in [4.69, 9.17) is 14.3 Å². The summed E-state index contributed by atoms with van der Waals surface area (Å²) in [5.74, 6) is -1.83. The maximum Gasteiger partial charge on any atom is 0.360 e. The van der Waals surface area contributed by atoms with Crippen molar-refractivity contribution in [2.45, 2.75) is 18.8 Å². The summed E-state index contributed by atoms with van der Waals surface area (Å²) in [6.45, 7) is -0.353. The molecule has 32 heavy (non-hydrogen) atoms. The van der Waals surface area contributed by atoms with Crippen LogP contribution in [-0.2, 0) is 16.2 Å². The lowest BCUT2D eigenvalue weighted by Gasteiger charge is -2.21. The highest BCUT2D eigenvalue weighted by atomic mass is 19.1. The number of hydrogen-bond acceptors (Lipinski definition) is 7. The second-order valence-electron chi connectivity index (χ2n) is 7.04. The van der Waals surface area contributed by atoms with Gasteiger partial charge in [-0.2, -0.15) is 0 Å². The first-order valence-corrected chi connectivity index (χ1v) is 9.69. The molecule has 0 bridgehead atoms. The molecule has 0 aromatic heterocycles. The highest BCUT2D eigenvalue weighted by Gasteiger charge is 2.33. The lowest BCUT2D eigenvalue weighted by molar-refractivity contribution is -0.344. The van der Waals surface area contributed by atoms with E-state index < -0.39 is 29.7 Å². The van der Waals surface area contributed by atoms with Crippen molar-refractivity contribution in [3.8, 4) is 11.5 Å². The third-order valence-corrected chi connectivity index (χ3v) is 4.97. The fourth-order valence-corrected chi connectivity index (χ4v) is 3.25. The zero-order valence-electron chi connectivity index (χ0n) is 16.7. The first-order chi connectivity index (χ1) is 15.4. The van der Waals surface area contributed by atoms with E-state index in [-0.39, 0.29) is 18.8 Å². The molecule has 2 N–H and O–H groups in total. The average molecular weight is 443 g/mol. The Kier molecular flexibility index (Phi) is 6.31. The van der Waals surface area contributed by atoms with Crippen molar-refractivity contribution >= 4 is 5.97 Å². The van der Waals surface area contributed by atoms with Gasteiger partial charge in [-0.1, -0.05) is 36.4 Å². The fourth-order valence-electron chi connectivity index (χ4n) is 3.25. The molecule has 0 saturated heterocycles. The molecule has 7 nitrogen and oxygen atoms in total. The lowest BCUT2D eigenvalue weighted by Crippen LogP contribution is -2.31. The average Bonchev–Trinajstić information content (AvgIpc) is 3.22.